The largest absolute Gasteiger partial charge is 0.416 e. The van der Waals surface area contributed by atoms with Crippen LogP contribution in [0.5, 0.6) is 5.75 Å². The first kappa shape index (κ1) is 15.7. The Hall–Kier alpha value is -2.69. The van der Waals surface area contributed by atoms with Gasteiger partial charge in [0.15, 0.2) is 0 Å². The first-order valence-corrected chi connectivity index (χ1v) is 6.85. The molecule has 114 valence electrons. The van der Waals surface area contributed by atoms with E-state index in [9.17, 15) is 14.9 Å². The Kier molecular flexibility index (Phi) is 4.26. The fourth-order valence-corrected chi connectivity index (χ4v) is 1.96. The lowest BCUT2D eigenvalue weighted by Gasteiger charge is -2.18. The summed E-state index contributed by atoms with van der Waals surface area (Å²) in [5.74, 6) is -0.674. The van der Waals surface area contributed by atoms with Crippen molar-refractivity contribution in [1.82, 2.24) is 0 Å². The monoisotopic (exact) mass is 299 g/mol. The van der Waals surface area contributed by atoms with Crippen LogP contribution in [0, 0.1) is 10.1 Å². The maximum Gasteiger partial charge on any atom is 0.343 e. The smallest absolute Gasteiger partial charge is 0.343 e. The van der Waals surface area contributed by atoms with Gasteiger partial charge in [0.2, 0.25) is 5.75 Å². The van der Waals surface area contributed by atoms with Crippen LogP contribution >= 0.6 is 0 Å². The van der Waals surface area contributed by atoms with E-state index >= 15 is 0 Å². The minimum absolute atomic E-state index is 0.0132. The number of nitro groups is 1. The quantitative estimate of drug-likeness (QED) is 0.370. The summed E-state index contributed by atoms with van der Waals surface area (Å²) in [6.45, 7) is 6.23. The Morgan fingerprint density at radius 2 is 1.64 bits per heavy atom. The Morgan fingerprint density at radius 1 is 1.05 bits per heavy atom. The molecule has 0 amide bonds. The van der Waals surface area contributed by atoms with Crippen molar-refractivity contribution in [1.29, 1.82) is 0 Å². The molecule has 5 heteroatoms. The van der Waals surface area contributed by atoms with E-state index in [0.29, 0.717) is 5.56 Å². The number of benzene rings is 2. The molecule has 0 aliphatic carbocycles. The van der Waals surface area contributed by atoms with Crippen molar-refractivity contribution in [3.05, 3.63) is 69.8 Å². The second-order valence-corrected chi connectivity index (χ2v) is 5.94. The summed E-state index contributed by atoms with van der Waals surface area (Å²) in [6.07, 6.45) is 0. The minimum Gasteiger partial charge on any atom is -0.416 e. The van der Waals surface area contributed by atoms with Gasteiger partial charge in [0.25, 0.3) is 0 Å². The van der Waals surface area contributed by atoms with Crippen LogP contribution in [0.2, 0.25) is 0 Å². The number of carbonyl (C=O) groups is 1. The highest BCUT2D eigenvalue weighted by Gasteiger charge is 2.19. The maximum atomic E-state index is 12.1. The third kappa shape index (κ3) is 3.49. The van der Waals surface area contributed by atoms with Crippen LogP contribution in [-0.2, 0) is 5.41 Å². The molecule has 0 aliphatic heterocycles. The molecule has 0 heterocycles. The van der Waals surface area contributed by atoms with E-state index in [1.54, 1.807) is 18.2 Å². The zero-order valence-electron chi connectivity index (χ0n) is 12.7. The van der Waals surface area contributed by atoms with Crippen molar-refractivity contribution in [2.75, 3.05) is 0 Å². The van der Waals surface area contributed by atoms with E-state index in [1.807, 2.05) is 12.1 Å². The summed E-state index contributed by atoms with van der Waals surface area (Å²) in [4.78, 5) is 22.4. The summed E-state index contributed by atoms with van der Waals surface area (Å²) in [7, 11) is 0. The van der Waals surface area contributed by atoms with Crippen LogP contribution in [0.1, 0.15) is 36.7 Å². The van der Waals surface area contributed by atoms with Gasteiger partial charge in [-0.2, -0.15) is 0 Å². The zero-order valence-corrected chi connectivity index (χ0v) is 12.7. The Labute approximate surface area is 128 Å². The molecule has 0 aliphatic rings. The Morgan fingerprint density at radius 3 is 2.18 bits per heavy atom. The van der Waals surface area contributed by atoms with Gasteiger partial charge in [0, 0.05) is 6.07 Å². The second-order valence-electron chi connectivity index (χ2n) is 5.94. The second kappa shape index (κ2) is 5.97. The topological polar surface area (TPSA) is 69.4 Å². The van der Waals surface area contributed by atoms with E-state index in [1.165, 1.54) is 18.2 Å². The lowest BCUT2D eigenvalue weighted by Crippen LogP contribution is -2.13. The van der Waals surface area contributed by atoms with Crippen molar-refractivity contribution in [3.8, 4) is 5.75 Å². The number of nitro benzene ring substituents is 1. The van der Waals surface area contributed by atoms with Crippen LogP contribution in [0.3, 0.4) is 0 Å². The number of hydrogen-bond donors (Lipinski definition) is 0. The highest BCUT2D eigenvalue weighted by Crippen LogP contribution is 2.27. The highest BCUT2D eigenvalue weighted by molar-refractivity contribution is 5.91. The molecule has 2 aromatic rings. The molecule has 0 saturated carbocycles. The van der Waals surface area contributed by atoms with Crippen molar-refractivity contribution in [2.24, 2.45) is 0 Å². The molecule has 0 fully saturated rings. The van der Waals surface area contributed by atoms with Gasteiger partial charge in [-0.1, -0.05) is 45.0 Å². The molecule has 5 nitrogen and oxygen atoms in total. The number of esters is 1. The molecular formula is C17H17NO4. The number of rotatable bonds is 3. The SMILES string of the molecule is CC(C)(C)c1ccc(C(=O)Oc2ccccc2[N+](=O)[O-])cc1. The molecule has 2 aromatic carbocycles. The van der Waals surface area contributed by atoms with E-state index in [2.05, 4.69) is 20.8 Å². The standard InChI is InChI=1S/C17H17NO4/c1-17(2,3)13-10-8-12(9-11-13)16(19)22-15-7-5-4-6-14(15)18(20)21/h4-11H,1-3H3. The Bertz CT molecular complexity index is 699. The third-order valence-corrected chi connectivity index (χ3v) is 3.25. The lowest BCUT2D eigenvalue weighted by molar-refractivity contribution is -0.385. The average Bonchev–Trinajstić information content (AvgIpc) is 2.46. The van der Waals surface area contributed by atoms with Crippen LogP contribution < -0.4 is 4.74 Å². The molecule has 22 heavy (non-hydrogen) atoms. The van der Waals surface area contributed by atoms with Crippen molar-refractivity contribution >= 4 is 11.7 Å². The summed E-state index contributed by atoms with van der Waals surface area (Å²) >= 11 is 0. The van der Waals surface area contributed by atoms with E-state index in [-0.39, 0.29) is 16.9 Å². The Balaban J connectivity index is 2.22. The van der Waals surface area contributed by atoms with Gasteiger partial charge in [-0.25, -0.2) is 4.79 Å². The van der Waals surface area contributed by atoms with Crippen LogP contribution in [0.15, 0.2) is 48.5 Å². The van der Waals surface area contributed by atoms with Crippen LogP contribution in [0.25, 0.3) is 0 Å². The van der Waals surface area contributed by atoms with Gasteiger partial charge >= 0.3 is 11.7 Å². The molecule has 0 bridgehead atoms. The molecule has 0 saturated heterocycles. The number of nitrogens with zero attached hydrogens (tertiary/aromatic N) is 1. The van der Waals surface area contributed by atoms with Gasteiger partial charge in [0.1, 0.15) is 0 Å². The van der Waals surface area contributed by atoms with Gasteiger partial charge in [-0.05, 0) is 29.2 Å². The molecule has 0 atom stereocenters. The van der Waals surface area contributed by atoms with Gasteiger partial charge in [-0.3, -0.25) is 10.1 Å². The number of carbonyl (C=O) groups excluding carboxylic acids is 1. The summed E-state index contributed by atoms with van der Waals surface area (Å²) < 4.78 is 5.14. The first-order chi connectivity index (χ1) is 10.3. The van der Waals surface area contributed by atoms with Crippen molar-refractivity contribution < 1.29 is 14.5 Å². The third-order valence-electron chi connectivity index (χ3n) is 3.25. The highest BCUT2D eigenvalue weighted by atomic mass is 16.6. The van der Waals surface area contributed by atoms with Crippen LogP contribution in [-0.4, -0.2) is 10.9 Å². The van der Waals surface area contributed by atoms with Crippen LogP contribution in [0.4, 0.5) is 5.69 Å². The average molecular weight is 299 g/mol. The minimum atomic E-state index is -0.616. The summed E-state index contributed by atoms with van der Waals surface area (Å²) in [5.41, 5.74) is 1.20. The van der Waals surface area contributed by atoms with Gasteiger partial charge < -0.3 is 4.74 Å². The molecular weight excluding hydrogens is 282 g/mol. The number of para-hydroxylation sites is 2. The molecule has 0 aromatic heterocycles. The first-order valence-electron chi connectivity index (χ1n) is 6.85. The van der Waals surface area contributed by atoms with Gasteiger partial charge in [0.05, 0.1) is 10.5 Å². The molecule has 0 N–H and O–H groups in total. The molecule has 0 radical (unpaired) electrons. The summed E-state index contributed by atoms with van der Waals surface area (Å²) in [5, 5.41) is 10.9. The zero-order chi connectivity index (χ0) is 16.3. The predicted molar refractivity (Wildman–Crippen MR) is 83.2 cm³/mol. The van der Waals surface area contributed by atoms with E-state index in [0.717, 1.165) is 5.56 Å². The predicted octanol–water partition coefficient (Wildman–Crippen LogP) is 4.11. The normalized spacial score (nSPS) is 11.0. The molecule has 2 rings (SSSR count). The fraction of sp³-hybridized carbons (Fsp3) is 0.235. The maximum absolute atomic E-state index is 12.1. The van der Waals surface area contributed by atoms with E-state index < -0.39 is 10.9 Å². The van der Waals surface area contributed by atoms with Crippen molar-refractivity contribution in [2.45, 2.75) is 26.2 Å². The molecule has 0 spiro atoms. The van der Waals surface area contributed by atoms with E-state index in [4.69, 9.17) is 4.74 Å². The number of hydrogen-bond acceptors (Lipinski definition) is 4. The lowest BCUT2D eigenvalue weighted by atomic mass is 9.87. The summed E-state index contributed by atoms with van der Waals surface area (Å²) in [6, 6.07) is 12.8. The van der Waals surface area contributed by atoms with Gasteiger partial charge in [-0.15, -0.1) is 0 Å². The fourth-order valence-electron chi connectivity index (χ4n) is 1.96. The number of ether oxygens (including phenoxy) is 1. The molecule has 0 unspecified atom stereocenters. The van der Waals surface area contributed by atoms with Crippen molar-refractivity contribution in [3.63, 3.8) is 0 Å².